The highest BCUT2D eigenvalue weighted by atomic mass is 19.1. The normalized spacial score (nSPS) is 19.9. The Morgan fingerprint density at radius 3 is 3.12 bits per heavy atom. The molecule has 24 heavy (non-hydrogen) atoms. The summed E-state index contributed by atoms with van der Waals surface area (Å²) in [5.41, 5.74) is 1.02. The number of carbonyl (C=O) groups excluding carboxylic acids is 1. The first-order chi connectivity index (χ1) is 11.6. The molecule has 2 aromatic rings. The van der Waals surface area contributed by atoms with Crippen LogP contribution in [0.15, 0.2) is 30.6 Å². The van der Waals surface area contributed by atoms with Gasteiger partial charge in [0.15, 0.2) is 0 Å². The molecule has 1 aromatic carbocycles. The predicted octanol–water partition coefficient (Wildman–Crippen LogP) is 2.17. The zero-order valence-corrected chi connectivity index (χ0v) is 13.2. The van der Waals surface area contributed by atoms with Gasteiger partial charge in [-0.2, -0.15) is 10.4 Å². The standard InChI is InChI=1S/C17H17FN4O2/c1-2-22-10-13(9-20-22)16-15(5-6-24-16)21-17(23)11-3-4-14(18)12(7-11)8-19/h3-4,7,9-10,15-16H,2,5-6H2,1H3,(H,21,23)/t15-,16+/m0/s1. The summed E-state index contributed by atoms with van der Waals surface area (Å²) in [7, 11) is 0. The Labute approximate surface area is 138 Å². The molecule has 1 amide bonds. The van der Waals surface area contributed by atoms with Gasteiger partial charge in [-0.05, 0) is 31.5 Å². The van der Waals surface area contributed by atoms with Crippen molar-refractivity contribution >= 4 is 5.91 Å². The van der Waals surface area contributed by atoms with Crippen LogP contribution in [0.2, 0.25) is 0 Å². The minimum Gasteiger partial charge on any atom is -0.371 e. The van der Waals surface area contributed by atoms with E-state index in [1.807, 2.05) is 13.1 Å². The van der Waals surface area contributed by atoms with Crippen LogP contribution >= 0.6 is 0 Å². The molecule has 1 saturated heterocycles. The Bertz CT molecular complexity index is 796. The van der Waals surface area contributed by atoms with Gasteiger partial charge in [0.1, 0.15) is 18.0 Å². The number of hydrogen-bond donors (Lipinski definition) is 1. The second-order valence-electron chi connectivity index (χ2n) is 5.60. The fraction of sp³-hybridized carbons (Fsp3) is 0.353. The summed E-state index contributed by atoms with van der Waals surface area (Å²) in [5.74, 6) is -0.988. The van der Waals surface area contributed by atoms with E-state index in [1.54, 1.807) is 16.9 Å². The molecule has 0 spiro atoms. The average Bonchev–Trinajstić information content (AvgIpc) is 3.23. The maximum absolute atomic E-state index is 13.4. The highest BCUT2D eigenvalue weighted by molar-refractivity contribution is 5.94. The van der Waals surface area contributed by atoms with Crippen LogP contribution in [0.5, 0.6) is 0 Å². The Morgan fingerprint density at radius 2 is 2.42 bits per heavy atom. The zero-order valence-electron chi connectivity index (χ0n) is 13.2. The van der Waals surface area contributed by atoms with Crippen molar-refractivity contribution in [2.24, 2.45) is 0 Å². The van der Waals surface area contributed by atoms with Crippen molar-refractivity contribution in [3.8, 4) is 6.07 Å². The van der Waals surface area contributed by atoms with E-state index in [4.69, 9.17) is 10.00 Å². The van der Waals surface area contributed by atoms with E-state index in [9.17, 15) is 9.18 Å². The topological polar surface area (TPSA) is 79.9 Å². The van der Waals surface area contributed by atoms with E-state index in [-0.39, 0.29) is 29.2 Å². The molecule has 0 aliphatic carbocycles. The van der Waals surface area contributed by atoms with E-state index < -0.39 is 5.82 Å². The summed E-state index contributed by atoms with van der Waals surface area (Å²) in [4.78, 5) is 12.4. The molecule has 2 atom stereocenters. The third kappa shape index (κ3) is 3.14. The molecule has 1 fully saturated rings. The highest BCUT2D eigenvalue weighted by Gasteiger charge is 2.32. The van der Waals surface area contributed by atoms with Crippen molar-refractivity contribution in [3.05, 3.63) is 53.1 Å². The van der Waals surface area contributed by atoms with E-state index in [1.165, 1.54) is 12.1 Å². The first-order valence-electron chi connectivity index (χ1n) is 7.77. The van der Waals surface area contributed by atoms with Gasteiger partial charge < -0.3 is 10.1 Å². The summed E-state index contributed by atoms with van der Waals surface area (Å²) < 4.78 is 20.9. The van der Waals surface area contributed by atoms with Crippen molar-refractivity contribution in [3.63, 3.8) is 0 Å². The summed E-state index contributed by atoms with van der Waals surface area (Å²) >= 11 is 0. The molecule has 0 saturated carbocycles. The van der Waals surface area contributed by atoms with Crippen LogP contribution in [0.1, 0.15) is 40.9 Å². The Hall–Kier alpha value is -2.72. The van der Waals surface area contributed by atoms with Crippen molar-refractivity contribution in [2.45, 2.75) is 32.0 Å². The number of nitrogens with zero attached hydrogens (tertiary/aromatic N) is 3. The number of nitrogens with one attached hydrogen (secondary N) is 1. The van der Waals surface area contributed by atoms with Gasteiger partial charge >= 0.3 is 0 Å². The molecule has 7 heteroatoms. The van der Waals surface area contributed by atoms with Gasteiger partial charge in [0.25, 0.3) is 5.91 Å². The molecule has 2 heterocycles. The number of aromatic nitrogens is 2. The Morgan fingerprint density at radius 1 is 1.58 bits per heavy atom. The van der Waals surface area contributed by atoms with E-state index >= 15 is 0 Å². The zero-order chi connectivity index (χ0) is 17.1. The number of benzene rings is 1. The van der Waals surface area contributed by atoms with Crippen LogP contribution in [-0.2, 0) is 11.3 Å². The molecule has 0 unspecified atom stereocenters. The highest BCUT2D eigenvalue weighted by Crippen LogP contribution is 2.29. The monoisotopic (exact) mass is 328 g/mol. The fourth-order valence-electron chi connectivity index (χ4n) is 2.77. The van der Waals surface area contributed by atoms with Crippen LogP contribution in [0, 0.1) is 17.1 Å². The molecule has 1 aliphatic heterocycles. The van der Waals surface area contributed by atoms with Gasteiger partial charge in [-0.25, -0.2) is 4.39 Å². The average molecular weight is 328 g/mol. The molecule has 1 aliphatic rings. The van der Waals surface area contributed by atoms with Gasteiger partial charge in [-0.1, -0.05) is 0 Å². The van der Waals surface area contributed by atoms with Gasteiger partial charge in [-0.15, -0.1) is 0 Å². The van der Waals surface area contributed by atoms with E-state index in [2.05, 4.69) is 10.4 Å². The molecule has 1 aromatic heterocycles. The number of ether oxygens (including phenoxy) is 1. The molecule has 124 valence electrons. The number of nitriles is 1. The summed E-state index contributed by atoms with van der Waals surface area (Å²) in [5, 5.41) is 16.0. The van der Waals surface area contributed by atoms with Crippen LogP contribution in [-0.4, -0.2) is 28.3 Å². The van der Waals surface area contributed by atoms with Gasteiger partial charge in [0.2, 0.25) is 0 Å². The van der Waals surface area contributed by atoms with Crippen molar-refractivity contribution in [1.82, 2.24) is 15.1 Å². The van der Waals surface area contributed by atoms with Crippen molar-refractivity contribution < 1.29 is 13.9 Å². The van der Waals surface area contributed by atoms with E-state index in [0.717, 1.165) is 18.2 Å². The van der Waals surface area contributed by atoms with Crippen LogP contribution in [0.25, 0.3) is 0 Å². The molecule has 3 rings (SSSR count). The minimum absolute atomic E-state index is 0.147. The number of hydrogen-bond acceptors (Lipinski definition) is 4. The summed E-state index contributed by atoms with van der Waals surface area (Å²) in [6.07, 6.45) is 4.07. The number of aryl methyl sites for hydroxylation is 1. The van der Waals surface area contributed by atoms with Gasteiger partial charge in [0, 0.05) is 30.5 Å². The van der Waals surface area contributed by atoms with Crippen LogP contribution in [0.4, 0.5) is 4.39 Å². The van der Waals surface area contributed by atoms with Crippen molar-refractivity contribution in [2.75, 3.05) is 6.61 Å². The second-order valence-corrected chi connectivity index (χ2v) is 5.60. The number of amides is 1. The lowest BCUT2D eigenvalue weighted by molar-refractivity contribution is 0.0821. The smallest absolute Gasteiger partial charge is 0.251 e. The quantitative estimate of drug-likeness (QED) is 0.933. The molecular weight excluding hydrogens is 311 g/mol. The van der Waals surface area contributed by atoms with Gasteiger partial charge in [-0.3, -0.25) is 9.48 Å². The first-order valence-corrected chi connectivity index (χ1v) is 7.77. The molecule has 0 radical (unpaired) electrons. The number of carbonyl (C=O) groups is 1. The Kier molecular flexibility index (Phi) is 4.58. The number of halogens is 1. The number of rotatable bonds is 4. The van der Waals surface area contributed by atoms with E-state index in [0.29, 0.717) is 13.0 Å². The molecule has 1 N–H and O–H groups in total. The summed E-state index contributed by atoms with van der Waals surface area (Å²) in [6.45, 7) is 3.29. The van der Waals surface area contributed by atoms with Crippen LogP contribution < -0.4 is 5.32 Å². The third-order valence-electron chi connectivity index (χ3n) is 4.06. The van der Waals surface area contributed by atoms with Crippen LogP contribution in [0.3, 0.4) is 0 Å². The SMILES string of the molecule is CCn1cc([C@H]2OCC[C@@H]2NC(=O)c2ccc(F)c(C#N)c2)cn1. The maximum atomic E-state index is 13.4. The predicted molar refractivity (Wildman–Crippen MR) is 83.6 cm³/mol. The Balaban J connectivity index is 1.74. The van der Waals surface area contributed by atoms with Crippen molar-refractivity contribution in [1.29, 1.82) is 5.26 Å². The summed E-state index contributed by atoms with van der Waals surface area (Å²) in [6, 6.07) is 5.29. The fourth-order valence-corrected chi connectivity index (χ4v) is 2.77. The first kappa shape index (κ1) is 16.1. The minimum atomic E-state index is -0.636. The second kappa shape index (κ2) is 6.81. The molecule has 0 bridgehead atoms. The van der Waals surface area contributed by atoms with Gasteiger partial charge in [0.05, 0.1) is 17.8 Å². The lowest BCUT2D eigenvalue weighted by atomic mass is 10.0. The molecular formula is C17H17FN4O2. The maximum Gasteiger partial charge on any atom is 0.251 e. The largest absolute Gasteiger partial charge is 0.371 e. The molecule has 6 nitrogen and oxygen atoms in total. The lowest BCUT2D eigenvalue weighted by Gasteiger charge is -2.19. The third-order valence-corrected chi connectivity index (χ3v) is 4.06. The lowest BCUT2D eigenvalue weighted by Crippen LogP contribution is -2.36.